The molecule has 1 aliphatic heterocycles. The molecule has 0 atom stereocenters. The van der Waals surface area contributed by atoms with Gasteiger partial charge in [-0.05, 0) is 31.2 Å². The normalized spacial score (nSPS) is 14.3. The molecule has 7 nitrogen and oxygen atoms in total. The quantitative estimate of drug-likeness (QED) is 0.768. The van der Waals surface area contributed by atoms with Gasteiger partial charge in [-0.15, -0.1) is 0 Å². The molecule has 3 aromatic rings. The van der Waals surface area contributed by atoms with Crippen molar-refractivity contribution < 1.29 is 9.32 Å². The van der Waals surface area contributed by atoms with Gasteiger partial charge in [0, 0.05) is 44.1 Å². The van der Waals surface area contributed by atoms with Crippen molar-refractivity contribution in [2.24, 2.45) is 0 Å². The lowest BCUT2D eigenvalue weighted by molar-refractivity contribution is 0.102. The Balaban J connectivity index is 1.36. The van der Waals surface area contributed by atoms with Crippen LogP contribution in [0.25, 0.3) is 0 Å². The monoisotopic (exact) mass is 363 g/mol. The van der Waals surface area contributed by atoms with Gasteiger partial charge in [-0.25, -0.2) is 4.98 Å². The van der Waals surface area contributed by atoms with E-state index >= 15 is 0 Å². The number of nitrogens with zero attached hydrogens (tertiary/aromatic N) is 4. The van der Waals surface area contributed by atoms with Crippen LogP contribution < -0.4 is 15.1 Å². The molecule has 0 radical (unpaired) electrons. The van der Waals surface area contributed by atoms with Crippen LogP contribution in [0, 0.1) is 6.92 Å². The minimum atomic E-state index is -0.253. The van der Waals surface area contributed by atoms with E-state index < -0.39 is 0 Å². The number of rotatable bonds is 4. The number of anilines is 3. The summed E-state index contributed by atoms with van der Waals surface area (Å²) in [4.78, 5) is 21.3. The molecule has 4 rings (SSSR count). The highest BCUT2D eigenvalue weighted by Crippen LogP contribution is 2.19. The Hall–Kier alpha value is -3.35. The van der Waals surface area contributed by atoms with E-state index in [1.54, 1.807) is 25.3 Å². The highest BCUT2D eigenvalue weighted by molar-refractivity contribution is 6.03. The van der Waals surface area contributed by atoms with Crippen molar-refractivity contribution in [3.63, 3.8) is 0 Å². The van der Waals surface area contributed by atoms with Gasteiger partial charge in [-0.1, -0.05) is 23.4 Å². The Labute approximate surface area is 157 Å². The molecule has 138 valence electrons. The van der Waals surface area contributed by atoms with Crippen molar-refractivity contribution in [2.45, 2.75) is 6.92 Å². The van der Waals surface area contributed by atoms with Gasteiger partial charge in [-0.3, -0.25) is 4.79 Å². The zero-order valence-electron chi connectivity index (χ0n) is 15.1. The predicted octanol–water partition coefficient (Wildman–Crippen LogP) is 2.96. The summed E-state index contributed by atoms with van der Waals surface area (Å²) in [6, 6.07) is 15.8. The Morgan fingerprint density at radius 3 is 2.41 bits per heavy atom. The van der Waals surface area contributed by atoms with Crippen molar-refractivity contribution in [1.29, 1.82) is 0 Å². The minimum Gasteiger partial charge on any atom is -0.368 e. The van der Waals surface area contributed by atoms with Crippen LogP contribution in [0.2, 0.25) is 0 Å². The molecular formula is C20H21N5O2. The second-order valence-corrected chi connectivity index (χ2v) is 6.49. The predicted molar refractivity (Wildman–Crippen MR) is 104 cm³/mol. The van der Waals surface area contributed by atoms with Gasteiger partial charge in [0.05, 0.1) is 5.56 Å². The summed E-state index contributed by atoms with van der Waals surface area (Å²) in [5, 5.41) is 6.46. The maximum Gasteiger partial charge on any atom is 0.258 e. The molecule has 0 bridgehead atoms. The van der Waals surface area contributed by atoms with E-state index in [0.29, 0.717) is 17.1 Å². The van der Waals surface area contributed by atoms with Gasteiger partial charge < -0.3 is 19.6 Å². The van der Waals surface area contributed by atoms with Crippen molar-refractivity contribution in [3.05, 3.63) is 66.1 Å². The summed E-state index contributed by atoms with van der Waals surface area (Å²) in [6.07, 6.45) is 1.60. The van der Waals surface area contributed by atoms with Crippen LogP contribution in [-0.4, -0.2) is 42.2 Å². The summed E-state index contributed by atoms with van der Waals surface area (Å²) in [5.74, 6) is 1.68. The highest BCUT2D eigenvalue weighted by Gasteiger charge is 2.18. The van der Waals surface area contributed by atoms with E-state index in [2.05, 4.69) is 49.5 Å². The maximum absolute atomic E-state index is 12.3. The lowest BCUT2D eigenvalue weighted by Crippen LogP contribution is -2.46. The fourth-order valence-electron chi connectivity index (χ4n) is 3.15. The SMILES string of the molecule is Cc1cc(NC(=O)c2ccc(N3CCN(c4ccccc4)CC3)nc2)no1. The zero-order valence-corrected chi connectivity index (χ0v) is 15.1. The van der Waals surface area contributed by atoms with Crippen molar-refractivity contribution in [1.82, 2.24) is 10.1 Å². The number of benzene rings is 1. The number of nitrogens with one attached hydrogen (secondary N) is 1. The fraction of sp³-hybridized carbons (Fsp3) is 0.250. The topological polar surface area (TPSA) is 74.5 Å². The molecule has 0 spiro atoms. The number of pyridine rings is 1. The van der Waals surface area contributed by atoms with Crippen LogP contribution in [0.15, 0.2) is 59.3 Å². The van der Waals surface area contributed by atoms with Gasteiger partial charge in [0.1, 0.15) is 11.6 Å². The molecule has 0 unspecified atom stereocenters. The third-order valence-electron chi connectivity index (χ3n) is 4.60. The van der Waals surface area contributed by atoms with Crippen LogP contribution in [0.5, 0.6) is 0 Å². The first-order valence-electron chi connectivity index (χ1n) is 8.95. The molecule has 1 aliphatic rings. The average Bonchev–Trinajstić information content (AvgIpc) is 3.13. The minimum absolute atomic E-state index is 0.253. The smallest absolute Gasteiger partial charge is 0.258 e. The highest BCUT2D eigenvalue weighted by atomic mass is 16.5. The van der Waals surface area contributed by atoms with E-state index in [-0.39, 0.29) is 5.91 Å². The van der Waals surface area contributed by atoms with Crippen molar-refractivity contribution in [3.8, 4) is 0 Å². The number of amides is 1. The number of para-hydroxylation sites is 1. The second-order valence-electron chi connectivity index (χ2n) is 6.49. The van der Waals surface area contributed by atoms with Gasteiger partial charge in [0.25, 0.3) is 5.91 Å². The molecule has 0 saturated carbocycles. The maximum atomic E-state index is 12.3. The number of piperazine rings is 1. The van der Waals surface area contributed by atoms with E-state index in [9.17, 15) is 4.79 Å². The summed E-state index contributed by atoms with van der Waals surface area (Å²) < 4.78 is 4.95. The lowest BCUT2D eigenvalue weighted by Gasteiger charge is -2.36. The molecular weight excluding hydrogens is 342 g/mol. The van der Waals surface area contributed by atoms with Crippen LogP contribution in [0.4, 0.5) is 17.3 Å². The number of carbonyl (C=O) groups excluding carboxylic acids is 1. The van der Waals surface area contributed by atoms with Crippen LogP contribution >= 0.6 is 0 Å². The summed E-state index contributed by atoms with van der Waals surface area (Å²) in [5.41, 5.74) is 1.74. The van der Waals surface area contributed by atoms with Crippen LogP contribution in [-0.2, 0) is 0 Å². The largest absolute Gasteiger partial charge is 0.368 e. The number of aromatic nitrogens is 2. The molecule has 7 heteroatoms. The number of hydrogen-bond donors (Lipinski definition) is 1. The fourth-order valence-corrected chi connectivity index (χ4v) is 3.15. The van der Waals surface area contributed by atoms with E-state index in [1.807, 2.05) is 12.1 Å². The third kappa shape index (κ3) is 3.92. The van der Waals surface area contributed by atoms with Gasteiger partial charge in [-0.2, -0.15) is 0 Å². The van der Waals surface area contributed by atoms with Crippen LogP contribution in [0.1, 0.15) is 16.1 Å². The number of carbonyl (C=O) groups is 1. The van der Waals surface area contributed by atoms with E-state index in [1.165, 1.54) is 5.69 Å². The number of aryl methyl sites for hydroxylation is 1. The summed E-state index contributed by atoms with van der Waals surface area (Å²) in [7, 11) is 0. The first-order chi connectivity index (χ1) is 13.2. The van der Waals surface area contributed by atoms with Crippen molar-refractivity contribution >= 4 is 23.2 Å². The van der Waals surface area contributed by atoms with Gasteiger partial charge in [0.15, 0.2) is 5.82 Å². The Kier molecular flexibility index (Phi) is 4.74. The van der Waals surface area contributed by atoms with E-state index in [4.69, 9.17) is 4.52 Å². The zero-order chi connectivity index (χ0) is 18.6. The molecule has 0 aliphatic carbocycles. The lowest BCUT2D eigenvalue weighted by atomic mass is 10.2. The molecule has 1 saturated heterocycles. The van der Waals surface area contributed by atoms with Gasteiger partial charge in [0.2, 0.25) is 0 Å². The van der Waals surface area contributed by atoms with Gasteiger partial charge >= 0.3 is 0 Å². The molecule has 1 fully saturated rings. The van der Waals surface area contributed by atoms with E-state index in [0.717, 1.165) is 32.0 Å². The summed E-state index contributed by atoms with van der Waals surface area (Å²) >= 11 is 0. The number of hydrogen-bond acceptors (Lipinski definition) is 6. The molecule has 1 aromatic carbocycles. The Morgan fingerprint density at radius 2 is 1.78 bits per heavy atom. The Bertz CT molecular complexity index is 900. The molecule has 27 heavy (non-hydrogen) atoms. The van der Waals surface area contributed by atoms with Crippen LogP contribution in [0.3, 0.4) is 0 Å². The standard InChI is InChI=1S/C20H21N5O2/c1-15-13-18(23-27-15)22-20(26)16-7-8-19(21-14-16)25-11-9-24(10-12-25)17-5-3-2-4-6-17/h2-8,13-14H,9-12H2,1H3,(H,22,23,26). The second kappa shape index (κ2) is 7.49. The molecule has 1 N–H and O–H groups in total. The van der Waals surface area contributed by atoms with Crippen molar-refractivity contribution in [2.75, 3.05) is 41.3 Å². The third-order valence-corrected chi connectivity index (χ3v) is 4.60. The summed E-state index contributed by atoms with van der Waals surface area (Å²) in [6.45, 7) is 5.45. The first kappa shape index (κ1) is 17.1. The average molecular weight is 363 g/mol. The molecule has 1 amide bonds. The molecule has 3 heterocycles. The Morgan fingerprint density at radius 1 is 1.04 bits per heavy atom. The molecule has 2 aromatic heterocycles. The first-order valence-corrected chi connectivity index (χ1v) is 8.95.